The molecule has 0 aliphatic heterocycles. The molecule has 4 saturated carbocycles. The molecule has 3 aromatic rings. The molecule has 0 radical (unpaired) electrons. The predicted octanol–water partition coefficient (Wildman–Crippen LogP) is 5.85. The lowest BCUT2D eigenvalue weighted by Gasteiger charge is -2.54. The lowest BCUT2D eigenvalue weighted by Crippen LogP contribution is -2.61. The molecule has 7 rings (SSSR count). The van der Waals surface area contributed by atoms with E-state index in [9.17, 15) is 9.59 Å². The average molecular weight is 514 g/mol. The lowest BCUT2D eigenvalue weighted by atomic mass is 9.55. The van der Waals surface area contributed by atoms with Gasteiger partial charge in [-0.05, 0) is 92.7 Å². The van der Waals surface area contributed by atoms with Gasteiger partial charge < -0.3 is 15.5 Å². The lowest BCUT2D eigenvalue weighted by molar-refractivity contribution is -0.132. The summed E-state index contributed by atoms with van der Waals surface area (Å²) in [5.74, 6) is 1.99. The second-order valence-corrected chi connectivity index (χ2v) is 12.2. The van der Waals surface area contributed by atoms with E-state index in [1.807, 2.05) is 48.7 Å². The number of aryl methyl sites for hydroxylation is 1. The Kier molecular flexibility index (Phi) is 6.67. The zero-order valence-electron chi connectivity index (χ0n) is 22.3. The minimum atomic E-state index is -1.22. The maximum atomic E-state index is 14.0. The van der Waals surface area contributed by atoms with Crippen LogP contribution in [-0.2, 0) is 22.4 Å². The SMILES string of the molecule is CC(Cc1c[nH]c2ccccc12)(C(N)=O)N(CCCc1ccccc1)C(=O)OC1C2CC3CC(C2)CC1C3. The second kappa shape index (κ2) is 10.1. The Morgan fingerprint density at radius 3 is 2.32 bits per heavy atom. The van der Waals surface area contributed by atoms with Gasteiger partial charge in [0, 0.05) is 30.1 Å². The van der Waals surface area contributed by atoms with E-state index in [1.165, 1.54) is 37.7 Å². The number of primary amides is 1. The van der Waals surface area contributed by atoms with Crippen LogP contribution >= 0.6 is 0 Å². The normalized spacial score (nSPS) is 27.2. The number of H-pyrrole nitrogens is 1. The van der Waals surface area contributed by atoms with Gasteiger partial charge in [0.1, 0.15) is 11.6 Å². The van der Waals surface area contributed by atoms with Crippen molar-refractivity contribution in [2.24, 2.45) is 29.4 Å². The summed E-state index contributed by atoms with van der Waals surface area (Å²) in [6.07, 6.45) is 9.37. The minimum absolute atomic E-state index is 0.0443. The molecule has 4 bridgehead atoms. The molecule has 0 spiro atoms. The van der Waals surface area contributed by atoms with Gasteiger partial charge in [-0.3, -0.25) is 9.69 Å². The molecule has 4 fully saturated rings. The van der Waals surface area contributed by atoms with E-state index < -0.39 is 17.5 Å². The average Bonchev–Trinajstić information content (AvgIpc) is 3.31. The quantitative estimate of drug-likeness (QED) is 0.376. The van der Waals surface area contributed by atoms with Crippen LogP contribution in [-0.4, -0.2) is 40.1 Å². The van der Waals surface area contributed by atoms with Gasteiger partial charge in [-0.2, -0.15) is 0 Å². The predicted molar refractivity (Wildman–Crippen MR) is 148 cm³/mol. The topological polar surface area (TPSA) is 88.4 Å². The van der Waals surface area contributed by atoms with Crippen molar-refractivity contribution >= 4 is 22.9 Å². The second-order valence-electron chi connectivity index (χ2n) is 12.2. The first kappa shape index (κ1) is 25.0. The molecule has 200 valence electrons. The fourth-order valence-electron chi connectivity index (χ4n) is 7.84. The highest BCUT2D eigenvalue weighted by Crippen LogP contribution is 2.54. The molecule has 3 N–H and O–H groups in total. The Labute approximate surface area is 224 Å². The van der Waals surface area contributed by atoms with Crippen molar-refractivity contribution < 1.29 is 14.3 Å². The summed E-state index contributed by atoms with van der Waals surface area (Å²) in [6.45, 7) is 2.21. The van der Waals surface area contributed by atoms with Gasteiger partial charge in [-0.15, -0.1) is 0 Å². The molecule has 1 atom stereocenters. The molecule has 1 aromatic heterocycles. The van der Waals surface area contributed by atoms with E-state index in [1.54, 1.807) is 11.8 Å². The fourth-order valence-corrected chi connectivity index (χ4v) is 7.84. The number of fused-ring (bicyclic) bond motifs is 1. The Morgan fingerprint density at radius 1 is 0.974 bits per heavy atom. The monoisotopic (exact) mass is 513 g/mol. The van der Waals surface area contributed by atoms with Crippen LogP contribution in [0.5, 0.6) is 0 Å². The van der Waals surface area contributed by atoms with Crippen molar-refractivity contribution in [3.05, 3.63) is 71.9 Å². The van der Waals surface area contributed by atoms with E-state index >= 15 is 0 Å². The maximum absolute atomic E-state index is 14.0. The van der Waals surface area contributed by atoms with E-state index in [-0.39, 0.29) is 6.10 Å². The number of rotatable bonds is 9. The molecule has 4 aliphatic carbocycles. The first-order valence-corrected chi connectivity index (χ1v) is 14.3. The molecular formula is C32H39N3O3. The van der Waals surface area contributed by atoms with E-state index in [2.05, 4.69) is 17.1 Å². The third-order valence-electron chi connectivity index (χ3n) is 9.62. The number of benzene rings is 2. The highest BCUT2D eigenvalue weighted by Gasteiger charge is 2.51. The maximum Gasteiger partial charge on any atom is 0.410 e. The summed E-state index contributed by atoms with van der Waals surface area (Å²) in [5, 5.41) is 1.04. The van der Waals surface area contributed by atoms with Crippen molar-refractivity contribution in [1.29, 1.82) is 0 Å². The van der Waals surface area contributed by atoms with Gasteiger partial charge in [-0.25, -0.2) is 4.79 Å². The van der Waals surface area contributed by atoms with Crippen LogP contribution in [0.25, 0.3) is 10.9 Å². The van der Waals surface area contributed by atoms with E-state index in [4.69, 9.17) is 10.5 Å². The number of para-hydroxylation sites is 1. The number of carbonyl (C=O) groups is 2. The van der Waals surface area contributed by atoms with Gasteiger partial charge >= 0.3 is 6.09 Å². The minimum Gasteiger partial charge on any atom is -0.445 e. The number of nitrogens with one attached hydrogen (secondary N) is 1. The summed E-state index contributed by atoms with van der Waals surface area (Å²) >= 11 is 0. The van der Waals surface area contributed by atoms with E-state index in [0.29, 0.717) is 24.8 Å². The first-order chi connectivity index (χ1) is 18.4. The van der Waals surface area contributed by atoms with E-state index in [0.717, 1.165) is 41.1 Å². The number of aromatic nitrogens is 1. The van der Waals surface area contributed by atoms with Crippen LogP contribution < -0.4 is 5.73 Å². The van der Waals surface area contributed by atoms with Gasteiger partial charge in [-0.1, -0.05) is 48.5 Å². The molecular weight excluding hydrogens is 474 g/mol. The van der Waals surface area contributed by atoms with Crippen molar-refractivity contribution in [3.8, 4) is 0 Å². The van der Waals surface area contributed by atoms with Crippen LogP contribution in [0.15, 0.2) is 60.8 Å². The molecule has 1 heterocycles. The smallest absolute Gasteiger partial charge is 0.410 e. The van der Waals surface area contributed by atoms with Gasteiger partial charge in [0.05, 0.1) is 0 Å². The molecule has 0 saturated heterocycles. The number of aromatic amines is 1. The third-order valence-corrected chi connectivity index (χ3v) is 9.62. The number of hydrogen-bond donors (Lipinski definition) is 2. The number of ether oxygens (including phenoxy) is 1. The Hall–Kier alpha value is -3.28. The van der Waals surface area contributed by atoms with Crippen LogP contribution in [0.4, 0.5) is 4.79 Å². The number of nitrogens with two attached hydrogens (primary N) is 1. The number of amides is 2. The fraction of sp³-hybridized carbons (Fsp3) is 0.500. The molecule has 2 amide bonds. The highest BCUT2D eigenvalue weighted by atomic mass is 16.6. The molecule has 2 aromatic carbocycles. The summed E-state index contributed by atoms with van der Waals surface area (Å²) in [4.78, 5) is 32.1. The van der Waals surface area contributed by atoms with Crippen molar-refractivity contribution in [2.45, 2.75) is 69.9 Å². The largest absolute Gasteiger partial charge is 0.445 e. The zero-order chi connectivity index (χ0) is 26.3. The van der Waals surface area contributed by atoms with Gasteiger partial charge in [0.2, 0.25) is 5.91 Å². The van der Waals surface area contributed by atoms with Crippen LogP contribution in [0, 0.1) is 23.7 Å². The highest BCUT2D eigenvalue weighted by molar-refractivity contribution is 5.90. The molecule has 4 aliphatic rings. The molecule has 38 heavy (non-hydrogen) atoms. The Morgan fingerprint density at radius 2 is 1.63 bits per heavy atom. The Bertz CT molecular complexity index is 1270. The Balaban J connectivity index is 1.26. The molecule has 6 nitrogen and oxygen atoms in total. The van der Waals surface area contributed by atoms with Crippen LogP contribution in [0.2, 0.25) is 0 Å². The van der Waals surface area contributed by atoms with Gasteiger partial charge in [0.25, 0.3) is 0 Å². The summed E-state index contributed by atoms with van der Waals surface area (Å²) in [6, 6.07) is 18.3. The summed E-state index contributed by atoms with van der Waals surface area (Å²) in [5.41, 5.74) is 8.06. The van der Waals surface area contributed by atoms with Crippen molar-refractivity contribution in [3.63, 3.8) is 0 Å². The standard InChI is InChI=1S/C32H39N3O3/c1-32(30(33)36,19-26-20-34-28-12-6-5-11-27(26)28)35(13-7-10-21-8-3-2-4-9-21)31(37)38-29-24-15-22-14-23(17-24)18-25(29)16-22/h2-6,8-9,11-12,20,22-25,29,34H,7,10,13-19H2,1H3,(H2,33,36). The number of nitrogens with zero attached hydrogens (tertiary/aromatic N) is 1. The number of carbonyl (C=O) groups excluding carboxylic acids is 2. The van der Waals surface area contributed by atoms with Crippen molar-refractivity contribution in [2.75, 3.05) is 6.54 Å². The van der Waals surface area contributed by atoms with Crippen LogP contribution in [0.1, 0.15) is 56.6 Å². The third kappa shape index (κ3) is 4.70. The van der Waals surface area contributed by atoms with Crippen LogP contribution in [0.3, 0.4) is 0 Å². The molecule has 6 heteroatoms. The summed E-state index contributed by atoms with van der Waals surface area (Å²) in [7, 11) is 0. The summed E-state index contributed by atoms with van der Waals surface area (Å²) < 4.78 is 6.37. The molecule has 1 unspecified atom stereocenters. The zero-order valence-corrected chi connectivity index (χ0v) is 22.3. The van der Waals surface area contributed by atoms with Crippen molar-refractivity contribution in [1.82, 2.24) is 9.88 Å². The number of hydrogen-bond acceptors (Lipinski definition) is 3. The van der Waals surface area contributed by atoms with Gasteiger partial charge in [0.15, 0.2) is 0 Å². The first-order valence-electron chi connectivity index (χ1n) is 14.3.